The first-order chi connectivity index (χ1) is 7.16. The van der Waals surface area contributed by atoms with Crippen LogP contribution in [-0.4, -0.2) is 24.8 Å². The van der Waals surface area contributed by atoms with Gasteiger partial charge in [-0.25, -0.2) is 4.98 Å². The fourth-order valence-electron chi connectivity index (χ4n) is 1.98. The van der Waals surface area contributed by atoms with Crippen LogP contribution in [0.4, 0.5) is 0 Å². The molecule has 0 unspecified atom stereocenters. The molecular formula is C10H14BrNO2S. The SMILES string of the molecule is CO[C@]1(c2ncc(Br)s2)CCO[C@@H](C)C1. The van der Waals surface area contributed by atoms with Crippen molar-refractivity contribution in [3.8, 4) is 0 Å². The molecule has 1 aromatic rings. The molecule has 15 heavy (non-hydrogen) atoms. The number of thiazole rings is 1. The highest BCUT2D eigenvalue weighted by Crippen LogP contribution is 2.40. The van der Waals surface area contributed by atoms with Crippen LogP contribution in [0.2, 0.25) is 0 Å². The van der Waals surface area contributed by atoms with Gasteiger partial charge < -0.3 is 9.47 Å². The summed E-state index contributed by atoms with van der Waals surface area (Å²) in [5.41, 5.74) is -0.242. The van der Waals surface area contributed by atoms with E-state index in [4.69, 9.17) is 9.47 Å². The van der Waals surface area contributed by atoms with Gasteiger partial charge in [0.15, 0.2) is 0 Å². The Labute approximate surface area is 102 Å². The first kappa shape index (κ1) is 11.5. The molecule has 3 nitrogen and oxygen atoms in total. The molecule has 5 heteroatoms. The molecule has 0 N–H and O–H groups in total. The van der Waals surface area contributed by atoms with Crippen LogP contribution in [0.3, 0.4) is 0 Å². The van der Waals surface area contributed by atoms with Crippen LogP contribution in [-0.2, 0) is 15.1 Å². The van der Waals surface area contributed by atoms with Gasteiger partial charge in [-0.1, -0.05) is 0 Å². The maximum atomic E-state index is 5.70. The zero-order valence-electron chi connectivity index (χ0n) is 8.83. The van der Waals surface area contributed by atoms with Gasteiger partial charge in [0.25, 0.3) is 0 Å². The summed E-state index contributed by atoms with van der Waals surface area (Å²) in [5.74, 6) is 0. The quantitative estimate of drug-likeness (QED) is 0.840. The van der Waals surface area contributed by atoms with E-state index in [0.29, 0.717) is 0 Å². The third-order valence-corrected chi connectivity index (χ3v) is 4.44. The minimum atomic E-state index is -0.242. The largest absolute Gasteiger partial charge is 0.378 e. The van der Waals surface area contributed by atoms with Crippen LogP contribution in [0.1, 0.15) is 24.8 Å². The fraction of sp³-hybridized carbons (Fsp3) is 0.700. The van der Waals surface area contributed by atoms with E-state index in [1.165, 1.54) is 0 Å². The number of nitrogens with zero attached hydrogens (tertiary/aromatic N) is 1. The molecule has 0 amide bonds. The molecule has 0 radical (unpaired) electrons. The minimum Gasteiger partial charge on any atom is -0.378 e. The van der Waals surface area contributed by atoms with Crippen LogP contribution in [0, 0.1) is 0 Å². The number of aromatic nitrogens is 1. The Morgan fingerprint density at radius 3 is 3.07 bits per heavy atom. The standard InChI is InChI=1S/C10H14BrNO2S/c1-7-5-10(13-2,3-4-14-7)9-12-6-8(11)15-9/h6-7H,3-5H2,1-2H3/t7-,10+/m0/s1. The summed E-state index contributed by atoms with van der Waals surface area (Å²) in [5, 5.41) is 1.05. The summed E-state index contributed by atoms with van der Waals surface area (Å²) in [6.07, 6.45) is 3.83. The summed E-state index contributed by atoms with van der Waals surface area (Å²) in [7, 11) is 1.76. The molecule has 84 valence electrons. The molecule has 2 heterocycles. The van der Waals surface area contributed by atoms with Crippen LogP contribution in [0.25, 0.3) is 0 Å². The molecule has 1 aromatic heterocycles. The van der Waals surface area contributed by atoms with Gasteiger partial charge in [0, 0.05) is 20.0 Å². The van der Waals surface area contributed by atoms with Crippen molar-refractivity contribution in [2.45, 2.75) is 31.5 Å². The highest BCUT2D eigenvalue weighted by molar-refractivity contribution is 9.11. The predicted molar refractivity (Wildman–Crippen MR) is 63.1 cm³/mol. The first-order valence-corrected chi connectivity index (χ1v) is 6.56. The molecule has 0 saturated carbocycles. The highest BCUT2D eigenvalue weighted by Gasteiger charge is 2.39. The second-order valence-corrected chi connectivity index (χ2v) is 6.21. The van der Waals surface area contributed by atoms with Crippen molar-refractivity contribution in [3.05, 3.63) is 15.0 Å². The third kappa shape index (κ3) is 2.25. The van der Waals surface area contributed by atoms with Crippen LogP contribution >= 0.6 is 27.3 Å². The molecular weight excluding hydrogens is 278 g/mol. The van der Waals surface area contributed by atoms with Gasteiger partial charge in [-0.3, -0.25) is 0 Å². The average Bonchev–Trinajstić information content (AvgIpc) is 2.65. The lowest BCUT2D eigenvalue weighted by molar-refractivity contribution is -0.122. The number of methoxy groups -OCH3 is 1. The van der Waals surface area contributed by atoms with Gasteiger partial charge in [-0.05, 0) is 22.9 Å². The highest BCUT2D eigenvalue weighted by atomic mass is 79.9. The van der Waals surface area contributed by atoms with E-state index in [-0.39, 0.29) is 11.7 Å². The lowest BCUT2D eigenvalue weighted by Gasteiger charge is -2.37. The summed E-state index contributed by atoms with van der Waals surface area (Å²) in [6, 6.07) is 0. The molecule has 0 spiro atoms. The second-order valence-electron chi connectivity index (χ2n) is 3.80. The van der Waals surface area contributed by atoms with Crippen molar-refractivity contribution < 1.29 is 9.47 Å². The van der Waals surface area contributed by atoms with Gasteiger partial charge in [0.2, 0.25) is 0 Å². The Balaban J connectivity index is 2.27. The lowest BCUT2D eigenvalue weighted by atomic mass is 9.91. The maximum absolute atomic E-state index is 5.70. The van der Waals surface area contributed by atoms with Gasteiger partial charge >= 0.3 is 0 Å². The van der Waals surface area contributed by atoms with E-state index in [2.05, 4.69) is 27.8 Å². The Kier molecular flexibility index (Phi) is 3.45. The Hall–Kier alpha value is 0.0300. The Bertz CT molecular complexity index is 344. The van der Waals surface area contributed by atoms with Crippen molar-refractivity contribution in [1.82, 2.24) is 4.98 Å². The molecule has 0 bridgehead atoms. The topological polar surface area (TPSA) is 31.4 Å². The van der Waals surface area contributed by atoms with Gasteiger partial charge in [0.05, 0.1) is 22.7 Å². The summed E-state index contributed by atoms with van der Waals surface area (Å²) >= 11 is 5.08. The van der Waals surface area contributed by atoms with Crippen LogP contribution < -0.4 is 0 Å². The van der Waals surface area contributed by atoms with Crippen molar-refractivity contribution in [2.75, 3.05) is 13.7 Å². The van der Waals surface area contributed by atoms with Crippen molar-refractivity contribution >= 4 is 27.3 Å². The first-order valence-electron chi connectivity index (χ1n) is 4.95. The van der Waals surface area contributed by atoms with E-state index in [1.54, 1.807) is 18.4 Å². The van der Waals surface area contributed by atoms with E-state index in [0.717, 1.165) is 28.2 Å². The molecule has 1 saturated heterocycles. The average molecular weight is 292 g/mol. The lowest BCUT2D eigenvalue weighted by Crippen LogP contribution is -2.39. The summed E-state index contributed by atoms with van der Waals surface area (Å²) < 4.78 is 12.3. The van der Waals surface area contributed by atoms with Crippen LogP contribution in [0.5, 0.6) is 0 Å². The Morgan fingerprint density at radius 2 is 2.53 bits per heavy atom. The molecule has 1 fully saturated rings. The molecule has 2 atom stereocenters. The van der Waals surface area contributed by atoms with E-state index < -0.39 is 0 Å². The smallest absolute Gasteiger partial charge is 0.126 e. The summed E-state index contributed by atoms with van der Waals surface area (Å²) in [4.78, 5) is 4.41. The van der Waals surface area contributed by atoms with E-state index in [9.17, 15) is 0 Å². The van der Waals surface area contributed by atoms with Gasteiger partial charge in [0.1, 0.15) is 10.6 Å². The monoisotopic (exact) mass is 291 g/mol. The minimum absolute atomic E-state index is 0.237. The molecule has 2 rings (SSSR count). The van der Waals surface area contributed by atoms with Crippen LogP contribution in [0.15, 0.2) is 9.98 Å². The van der Waals surface area contributed by atoms with Crippen molar-refractivity contribution in [2.24, 2.45) is 0 Å². The van der Waals surface area contributed by atoms with E-state index >= 15 is 0 Å². The van der Waals surface area contributed by atoms with Crippen molar-refractivity contribution in [3.63, 3.8) is 0 Å². The molecule has 1 aliphatic heterocycles. The van der Waals surface area contributed by atoms with Gasteiger partial charge in [-0.2, -0.15) is 0 Å². The zero-order valence-corrected chi connectivity index (χ0v) is 11.2. The Morgan fingerprint density at radius 1 is 1.73 bits per heavy atom. The van der Waals surface area contributed by atoms with Gasteiger partial charge in [-0.15, -0.1) is 11.3 Å². The van der Waals surface area contributed by atoms with Crippen molar-refractivity contribution in [1.29, 1.82) is 0 Å². The predicted octanol–water partition coefficient (Wildman–Crippen LogP) is 2.95. The number of hydrogen-bond acceptors (Lipinski definition) is 4. The summed E-state index contributed by atoms with van der Waals surface area (Å²) in [6.45, 7) is 2.82. The third-order valence-electron chi connectivity index (χ3n) is 2.78. The number of halogens is 1. The number of ether oxygens (including phenoxy) is 2. The fourth-order valence-corrected chi connectivity index (χ4v) is 3.39. The normalized spacial score (nSPS) is 31.8. The molecule has 0 aromatic carbocycles. The maximum Gasteiger partial charge on any atom is 0.126 e. The number of hydrogen-bond donors (Lipinski definition) is 0. The molecule has 0 aliphatic carbocycles. The van der Waals surface area contributed by atoms with E-state index in [1.807, 2.05) is 6.20 Å². The second kappa shape index (κ2) is 4.49. The number of rotatable bonds is 2. The molecule has 1 aliphatic rings. The zero-order chi connectivity index (χ0) is 10.9.